The predicted molar refractivity (Wildman–Crippen MR) is 79.1 cm³/mol. The Balaban J connectivity index is 1.79. The van der Waals surface area contributed by atoms with Crippen LogP contribution in [0.1, 0.15) is 43.6 Å². The lowest BCUT2D eigenvalue weighted by Crippen LogP contribution is -2.23. The first kappa shape index (κ1) is 13.8. The van der Waals surface area contributed by atoms with Gasteiger partial charge < -0.3 is 9.88 Å². The SMILES string of the molecule is CC(CCNC(C)c1nccn1C)c1ccccc1. The highest BCUT2D eigenvalue weighted by Gasteiger charge is 2.10. The van der Waals surface area contributed by atoms with Crippen molar-refractivity contribution in [1.29, 1.82) is 0 Å². The number of nitrogens with zero attached hydrogens (tertiary/aromatic N) is 2. The molecule has 3 nitrogen and oxygen atoms in total. The summed E-state index contributed by atoms with van der Waals surface area (Å²) in [5, 5.41) is 3.54. The van der Waals surface area contributed by atoms with Gasteiger partial charge >= 0.3 is 0 Å². The summed E-state index contributed by atoms with van der Waals surface area (Å²) in [6, 6.07) is 11.0. The molecule has 19 heavy (non-hydrogen) atoms. The largest absolute Gasteiger partial charge is 0.337 e. The van der Waals surface area contributed by atoms with Gasteiger partial charge in [0.1, 0.15) is 5.82 Å². The third kappa shape index (κ3) is 3.67. The topological polar surface area (TPSA) is 29.9 Å². The molecule has 1 N–H and O–H groups in total. The minimum absolute atomic E-state index is 0.294. The second-order valence-electron chi connectivity index (χ2n) is 5.17. The van der Waals surface area contributed by atoms with E-state index in [1.54, 1.807) is 0 Å². The average Bonchev–Trinajstić information content (AvgIpc) is 2.86. The third-order valence-electron chi connectivity index (χ3n) is 3.64. The first-order valence-electron chi connectivity index (χ1n) is 6.94. The Labute approximate surface area is 115 Å². The number of hydrogen-bond donors (Lipinski definition) is 1. The van der Waals surface area contributed by atoms with Crippen LogP contribution in [0, 0.1) is 0 Å². The van der Waals surface area contributed by atoms with Crippen molar-refractivity contribution in [2.24, 2.45) is 7.05 Å². The fourth-order valence-corrected chi connectivity index (χ4v) is 2.35. The zero-order valence-corrected chi connectivity index (χ0v) is 12.0. The van der Waals surface area contributed by atoms with Crippen LogP contribution in [0.25, 0.3) is 0 Å². The maximum atomic E-state index is 4.37. The van der Waals surface area contributed by atoms with Crippen molar-refractivity contribution < 1.29 is 0 Å². The molecular formula is C16H23N3. The number of aromatic nitrogens is 2. The first-order chi connectivity index (χ1) is 9.18. The first-order valence-corrected chi connectivity index (χ1v) is 6.94. The van der Waals surface area contributed by atoms with E-state index in [9.17, 15) is 0 Å². The highest BCUT2D eigenvalue weighted by Crippen LogP contribution is 2.18. The maximum Gasteiger partial charge on any atom is 0.125 e. The fraction of sp³-hybridized carbons (Fsp3) is 0.438. The Morgan fingerprint density at radius 1 is 1.21 bits per heavy atom. The van der Waals surface area contributed by atoms with E-state index in [0.29, 0.717) is 12.0 Å². The molecule has 0 amide bonds. The summed E-state index contributed by atoms with van der Waals surface area (Å²) in [7, 11) is 2.03. The number of rotatable bonds is 6. The minimum Gasteiger partial charge on any atom is -0.337 e. The summed E-state index contributed by atoms with van der Waals surface area (Å²) < 4.78 is 2.07. The van der Waals surface area contributed by atoms with Gasteiger partial charge in [-0.05, 0) is 31.4 Å². The van der Waals surface area contributed by atoms with Gasteiger partial charge in [0.15, 0.2) is 0 Å². The fourth-order valence-electron chi connectivity index (χ4n) is 2.35. The normalized spacial score (nSPS) is 14.3. The van der Waals surface area contributed by atoms with E-state index in [4.69, 9.17) is 0 Å². The summed E-state index contributed by atoms with van der Waals surface area (Å²) in [5.41, 5.74) is 1.41. The molecule has 1 heterocycles. The van der Waals surface area contributed by atoms with Gasteiger partial charge in [0.25, 0.3) is 0 Å². The lowest BCUT2D eigenvalue weighted by Gasteiger charge is -2.16. The summed E-state index contributed by atoms with van der Waals surface area (Å²) in [6.45, 7) is 5.45. The number of hydrogen-bond acceptors (Lipinski definition) is 2. The lowest BCUT2D eigenvalue weighted by molar-refractivity contribution is 0.502. The predicted octanol–water partition coefficient (Wildman–Crippen LogP) is 3.26. The molecule has 0 saturated heterocycles. The second-order valence-corrected chi connectivity index (χ2v) is 5.17. The number of nitrogens with one attached hydrogen (secondary N) is 1. The van der Waals surface area contributed by atoms with E-state index in [-0.39, 0.29) is 0 Å². The van der Waals surface area contributed by atoms with Gasteiger partial charge in [-0.25, -0.2) is 4.98 Å². The van der Waals surface area contributed by atoms with Crippen LogP contribution in [0.4, 0.5) is 0 Å². The highest BCUT2D eigenvalue weighted by molar-refractivity contribution is 5.18. The van der Waals surface area contributed by atoms with Crippen molar-refractivity contribution in [1.82, 2.24) is 14.9 Å². The van der Waals surface area contributed by atoms with Crippen molar-refractivity contribution in [3.8, 4) is 0 Å². The molecule has 0 aliphatic rings. The van der Waals surface area contributed by atoms with Gasteiger partial charge in [-0.1, -0.05) is 37.3 Å². The van der Waals surface area contributed by atoms with E-state index >= 15 is 0 Å². The van der Waals surface area contributed by atoms with E-state index in [2.05, 4.69) is 59.0 Å². The standard InChI is InChI=1S/C16H23N3/c1-13(15-7-5-4-6-8-15)9-10-17-14(2)16-18-11-12-19(16)3/h4-8,11-14,17H,9-10H2,1-3H3. The molecule has 1 aromatic heterocycles. The molecule has 0 fully saturated rings. The minimum atomic E-state index is 0.294. The number of imidazole rings is 1. The molecule has 0 aliphatic heterocycles. The van der Waals surface area contributed by atoms with Crippen LogP contribution in [-0.4, -0.2) is 16.1 Å². The van der Waals surface area contributed by atoms with Crippen LogP contribution in [0.2, 0.25) is 0 Å². The van der Waals surface area contributed by atoms with Gasteiger partial charge in [-0.15, -0.1) is 0 Å². The monoisotopic (exact) mass is 257 g/mol. The van der Waals surface area contributed by atoms with E-state index in [1.165, 1.54) is 5.56 Å². The molecule has 2 rings (SSSR count). The molecule has 2 atom stereocenters. The van der Waals surface area contributed by atoms with E-state index < -0.39 is 0 Å². The maximum absolute atomic E-state index is 4.37. The van der Waals surface area contributed by atoms with Crippen LogP contribution >= 0.6 is 0 Å². The molecule has 2 unspecified atom stereocenters. The second kappa shape index (κ2) is 6.53. The smallest absolute Gasteiger partial charge is 0.125 e. The Morgan fingerprint density at radius 3 is 2.58 bits per heavy atom. The molecule has 2 aromatic rings. The van der Waals surface area contributed by atoms with Crippen molar-refractivity contribution in [3.63, 3.8) is 0 Å². The lowest BCUT2D eigenvalue weighted by atomic mass is 9.98. The molecular weight excluding hydrogens is 234 g/mol. The van der Waals surface area contributed by atoms with Gasteiger partial charge in [-0.2, -0.15) is 0 Å². The van der Waals surface area contributed by atoms with Gasteiger partial charge in [-0.3, -0.25) is 0 Å². The Hall–Kier alpha value is -1.61. The van der Waals surface area contributed by atoms with Gasteiger partial charge in [0.05, 0.1) is 6.04 Å². The number of benzene rings is 1. The van der Waals surface area contributed by atoms with E-state index in [0.717, 1.165) is 18.8 Å². The molecule has 0 aliphatic carbocycles. The van der Waals surface area contributed by atoms with Gasteiger partial charge in [0.2, 0.25) is 0 Å². The summed E-state index contributed by atoms with van der Waals surface area (Å²) >= 11 is 0. The Bertz CT molecular complexity index is 490. The molecule has 3 heteroatoms. The average molecular weight is 257 g/mol. The van der Waals surface area contributed by atoms with Crippen LogP contribution in [0.15, 0.2) is 42.7 Å². The van der Waals surface area contributed by atoms with Crippen LogP contribution < -0.4 is 5.32 Å². The highest BCUT2D eigenvalue weighted by atomic mass is 15.1. The van der Waals surface area contributed by atoms with Crippen molar-refractivity contribution in [3.05, 3.63) is 54.1 Å². The van der Waals surface area contributed by atoms with Crippen molar-refractivity contribution >= 4 is 0 Å². The van der Waals surface area contributed by atoms with Crippen molar-refractivity contribution in [2.45, 2.75) is 32.2 Å². The van der Waals surface area contributed by atoms with Crippen LogP contribution in [0.3, 0.4) is 0 Å². The summed E-state index contributed by atoms with van der Waals surface area (Å²) in [6.07, 6.45) is 4.97. The van der Waals surface area contributed by atoms with Crippen molar-refractivity contribution in [2.75, 3.05) is 6.54 Å². The number of aryl methyl sites for hydroxylation is 1. The summed E-state index contributed by atoms with van der Waals surface area (Å²) in [5.74, 6) is 1.68. The molecule has 1 aromatic carbocycles. The molecule has 0 spiro atoms. The Morgan fingerprint density at radius 2 is 1.95 bits per heavy atom. The zero-order chi connectivity index (χ0) is 13.7. The van der Waals surface area contributed by atoms with Crippen LogP contribution in [0.5, 0.6) is 0 Å². The van der Waals surface area contributed by atoms with Gasteiger partial charge in [0, 0.05) is 19.4 Å². The summed E-state index contributed by atoms with van der Waals surface area (Å²) in [4.78, 5) is 4.37. The quantitative estimate of drug-likeness (QED) is 0.860. The van der Waals surface area contributed by atoms with E-state index in [1.807, 2.05) is 19.4 Å². The molecule has 0 bridgehead atoms. The third-order valence-corrected chi connectivity index (χ3v) is 3.64. The van der Waals surface area contributed by atoms with Crippen LogP contribution in [-0.2, 0) is 7.05 Å². The molecule has 0 radical (unpaired) electrons. The zero-order valence-electron chi connectivity index (χ0n) is 12.0. The molecule has 102 valence electrons. The molecule has 0 saturated carbocycles. The Kier molecular flexibility index (Phi) is 4.74.